The first-order valence-corrected chi connectivity index (χ1v) is 5.55. The van der Waals surface area contributed by atoms with E-state index in [0.717, 1.165) is 5.56 Å². The number of para-hydroxylation sites is 1. The van der Waals surface area contributed by atoms with Gasteiger partial charge in [0.05, 0.1) is 17.2 Å². The van der Waals surface area contributed by atoms with Crippen LogP contribution in [0.1, 0.15) is 22.3 Å². The first kappa shape index (κ1) is 12.2. The van der Waals surface area contributed by atoms with Gasteiger partial charge >= 0.3 is 0 Å². The van der Waals surface area contributed by atoms with Gasteiger partial charge in [0, 0.05) is 16.8 Å². The quantitative estimate of drug-likeness (QED) is 0.570. The van der Waals surface area contributed by atoms with Gasteiger partial charge in [-0.3, -0.25) is 0 Å². The SMILES string of the molecule is N#Cc1ccc(C#Cc2ccccc2N)c(C#N)c1. The second kappa shape index (κ2) is 5.41. The van der Waals surface area contributed by atoms with Gasteiger partial charge in [-0.25, -0.2) is 0 Å². The molecule has 0 amide bonds. The molecular formula is C16H9N3. The van der Waals surface area contributed by atoms with Crippen LogP contribution in [0.2, 0.25) is 0 Å². The number of hydrogen-bond acceptors (Lipinski definition) is 3. The van der Waals surface area contributed by atoms with Gasteiger partial charge in [0.2, 0.25) is 0 Å². The van der Waals surface area contributed by atoms with E-state index < -0.39 is 0 Å². The van der Waals surface area contributed by atoms with Crippen molar-refractivity contribution in [3.05, 3.63) is 64.7 Å². The number of nitrogens with zero attached hydrogens (tertiary/aromatic N) is 2. The maximum atomic E-state index is 9.04. The highest BCUT2D eigenvalue weighted by atomic mass is 14.5. The molecule has 19 heavy (non-hydrogen) atoms. The van der Waals surface area contributed by atoms with Crippen LogP contribution < -0.4 is 5.73 Å². The van der Waals surface area contributed by atoms with E-state index >= 15 is 0 Å². The van der Waals surface area contributed by atoms with Gasteiger partial charge in [-0.2, -0.15) is 10.5 Å². The molecule has 0 heterocycles. The van der Waals surface area contributed by atoms with E-state index in [-0.39, 0.29) is 0 Å². The fraction of sp³-hybridized carbons (Fsp3) is 0. The zero-order chi connectivity index (χ0) is 13.7. The number of rotatable bonds is 0. The number of nitriles is 2. The molecule has 0 atom stereocenters. The predicted molar refractivity (Wildman–Crippen MR) is 72.7 cm³/mol. The lowest BCUT2D eigenvalue weighted by Gasteiger charge is -1.97. The van der Waals surface area contributed by atoms with Gasteiger partial charge in [0.1, 0.15) is 6.07 Å². The fourth-order valence-electron chi connectivity index (χ4n) is 1.56. The van der Waals surface area contributed by atoms with Crippen LogP contribution in [0.25, 0.3) is 0 Å². The van der Waals surface area contributed by atoms with Crippen molar-refractivity contribution in [2.75, 3.05) is 5.73 Å². The van der Waals surface area contributed by atoms with E-state index in [1.807, 2.05) is 30.3 Å². The summed E-state index contributed by atoms with van der Waals surface area (Å²) in [5.41, 5.74) is 8.53. The first-order chi connectivity index (χ1) is 9.24. The van der Waals surface area contributed by atoms with E-state index in [2.05, 4.69) is 11.8 Å². The zero-order valence-electron chi connectivity index (χ0n) is 10.0. The topological polar surface area (TPSA) is 73.6 Å². The lowest BCUT2D eigenvalue weighted by Crippen LogP contribution is -1.89. The van der Waals surface area contributed by atoms with Gasteiger partial charge in [-0.1, -0.05) is 24.0 Å². The molecule has 88 valence electrons. The molecule has 0 aromatic heterocycles. The van der Waals surface area contributed by atoms with E-state index in [0.29, 0.717) is 22.4 Å². The molecular weight excluding hydrogens is 234 g/mol. The molecule has 0 saturated carbocycles. The maximum absolute atomic E-state index is 9.04. The molecule has 0 aliphatic carbocycles. The molecule has 3 heteroatoms. The molecule has 3 nitrogen and oxygen atoms in total. The summed E-state index contributed by atoms with van der Waals surface area (Å²) in [6.45, 7) is 0. The zero-order valence-corrected chi connectivity index (χ0v) is 10.0. The third-order valence-corrected chi connectivity index (χ3v) is 2.56. The molecule has 0 aliphatic rings. The van der Waals surface area contributed by atoms with Crippen molar-refractivity contribution in [3.8, 4) is 24.0 Å². The minimum Gasteiger partial charge on any atom is -0.398 e. The number of benzene rings is 2. The summed E-state index contributed by atoms with van der Waals surface area (Å²) in [5, 5.41) is 17.8. The van der Waals surface area contributed by atoms with Crippen molar-refractivity contribution in [1.29, 1.82) is 10.5 Å². The van der Waals surface area contributed by atoms with Crippen LogP contribution in [0.5, 0.6) is 0 Å². The van der Waals surface area contributed by atoms with E-state index in [1.54, 1.807) is 18.2 Å². The molecule has 2 N–H and O–H groups in total. The number of anilines is 1. The third-order valence-electron chi connectivity index (χ3n) is 2.56. The number of nitrogens with two attached hydrogens (primary N) is 1. The van der Waals surface area contributed by atoms with Crippen LogP contribution >= 0.6 is 0 Å². The summed E-state index contributed by atoms with van der Waals surface area (Å²) < 4.78 is 0. The van der Waals surface area contributed by atoms with Crippen molar-refractivity contribution < 1.29 is 0 Å². The van der Waals surface area contributed by atoms with Crippen LogP contribution in [-0.4, -0.2) is 0 Å². The summed E-state index contributed by atoms with van der Waals surface area (Å²) in [5.74, 6) is 5.84. The molecule has 0 unspecified atom stereocenters. The lowest BCUT2D eigenvalue weighted by molar-refractivity contribution is 1.43. The average molecular weight is 243 g/mol. The standard InChI is InChI=1S/C16H9N3/c17-10-12-5-6-13(15(9-12)11-18)7-8-14-3-1-2-4-16(14)19/h1-6,9H,19H2. The van der Waals surface area contributed by atoms with E-state index in [9.17, 15) is 0 Å². The summed E-state index contributed by atoms with van der Waals surface area (Å²) in [6.07, 6.45) is 0. The van der Waals surface area contributed by atoms with Crippen LogP contribution in [0.15, 0.2) is 42.5 Å². The van der Waals surface area contributed by atoms with Crippen molar-refractivity contribution in [2.45, 2.75) is 0 Å². The Labute approximate surface area is 111 Å². The molecule has 2 aromatic rings. The van der Waals surface area contributed by atoms with Gasteiger partial charge in [0.25, 0.3) is 0 Å². The van der Waals surface area contributed by atoms with Crippen LogP contribution in [-0.2, 0) is 0 Å². The first-order valence-electron chi connectivity index (χ1n) is 5.55. The Hall–Kier alpha value is -3.22. The molecule has 2 aromatic carbocycles. The molecule has 0 spiro atoms. The van der Waals surface area contributed by atoms with Gasteiger partial charge < -0.3 is 5.73 Å². The molecule has 0 saturated heterocycles. The third kappa shape index (κ3) is 2.72. The van der Waals surface area contributed by atoms with Gasteiger partial charge in [-0.15, -0.1) is 0 Å². The Kier molecular flexibility index (Phi) is 3.48. The smallest absolute Gasteiger partial charge is 0.100 e. The Morgan fingerprint density at radius 2 is 1.53 bits per heavy atom. The average Bonchev–Trinajstić information content (AvgIpc) is 2.46. The molecule has 2 rings (SSSR count). The Morgan fingerprint density at radius 3 is 2.21 bits per heavy atom. The normalized spacial score (nSPS) is 8.74. The van der Waals surface area contributed by atoms with Crippen molar-refractivity contribution >= 4 is 5.69 Å². The minimum absolute atomic E-state index is 0.390. The highest BCUT2D eigenvalue weighted by Crippen LogP contribution is 2.12. The number of hydrogen-bond donors (Lipinski definition) is 1. The molecule has 0 aliphatic heterocycles. The van der Waals surface area contributed by atoms with Crippen molar-refractivity contribution in [2.24, 2.45) is 0 Å². The predicted octanol–water partition coefficient (Wildman–Crippen LogP) is 2.41. The van der Waals surface area contributed by atoms with Crippen LogP contribution in [0.3, 0.4) is 0 Å². The van der Waals surface area contributed by atoms with E-state index in [1.165, 1.54) is 6.07 Å². The lowest BCUT2D eigenvalue weighted by atomic mass is 10.0. The summed E-state index contributed by atoms with van der Waals surface area (Å²) in [7, 11) is 0. The minimum atomic E-state index is 0.390. The molecule has 0 fully saturated rings. The number of nitrogen functional groups attached to an aromatic ring is 1. The highest BCUT2D eigenvalue weighted by molar-refractivity contribution is 5.59. The highest BCUT2D eigenvalue weighted by Gasteiger charge is 2.01. The van der Waals surface area contributed by atoms with Crippen LogP contribution in [0, 0.1) is 34.5 Å². The molecule has 0 radical (unpaired) electrons. The monoisotopic (exact) mass is 243 g/mol. The van der Waals surface area contributed by atoms with Crippen molar-refractivity contribution in [3.63, 3.8) is 0 Å². The summed E-state index contributed by atoms with van der Waals surface area (Å²) in [6, 6.07) is 16.1. The Balaban J connectivity index is 2.44. The Bertz CT molecular complexity index is 765. The maximum Gasteiger partial charge on any atom is 0.100 e. The summed E-state index contributed by atoms with van der Waals surface area (Å²) >= 11 is 0. The largest absolute Gasteiger partial charge is 0.398 e. The van der Waals surface area contributed by atoms with Gasteiger partial charge in [0.15, 0.2) is 0 Å². The second-order valence-corrected chi connectivity index (χ2v) is 3.82. The van der Waals surface area contributed by atoms with Crippen LogP contribution in [0.4, 0.5) is 5.69 Å². The summed E-state index contributed by atoms with van der Waals surface area (Å²) in [4.78, 5) is 0. The van der Waals surface area contributed by atoms with E-state index in [4.69, 9.17) is 16.3 Å². The fourth-order valence-corrected chi connectivity index (χ4v) is 1.56. The second-order valence-electron chi connectivity index (χ2n) is 3.82. The van der Waals surface area contributed by atoms with Gasteiger partial charge in [-0.05, 0) is 30.3 Å². The van der Waals surface area contributed by atoms with Crippen molar-refractivity contribution in [1.82, 2.24) is 0 Å². The molecule has 0 bridgehead atoms. The Morgan fingerprint density at radius 1 is 0.789 bits per heavy atom.